The number of hydrogen-bond acceptors (Lipinski definition) is 5. The number of carbonyl (C=O) groups excluding carboxylic acids is 1. The van der Waals surface area contributed by atoms with Crippen LogP contribution in [0.25, 0.3) is 0 Å². The lowest BCUT2D eigenvalue weighted by Gasteiger charge is -2.18. The number of phenolic OH excluding ortho intramolecular Hbond substituents is 2. The number of aromatic hydroxyl groups is 2. The minimum atomic E-state index is -2.97. The van der Waals surface area contributed by atoms with E-state index in [0.717, 1.165) is 6.07 Å². The number of phenols is 2. The number of carbonyl (C=O) groups is 1. The van der Waals surface area contributed by atoms with Crippen LogP contribution in [0.2, 0.25) is 0 Å². The van der Waals surface area contributed by atoms with Gasteiger partial charge in [-0.3, -0.25) is 0 Å². The van der Waals surface area contributed by atoms with E-state index >= 15 is 0 Å². The molecule has 0 saturated carbocycles. The first-order valence-electron chi connectivity index (χ1n) is 10.3. The third-order valence-corrected chi connectivity index (χ3v) is 3.70. The summed E-state index contributed by atoms with van der Waals surface area (Å²) in [6.07, 6.45) is -8.78. The van der Waals surface area contributed by atoms with E-state index < -0.39 is 43.1 Å². The zero-order chi connectivity index (χ0) is 21.3. The summed E-state index contributed by atoms with van der Waals surface area (Å²) in [4.78, 5) is 12.5. The predicted molar refractivity (Wildman–Crippen MR) is 86.7 cm³/mol. The maximum atomic E-state index is 12.5. The predicted octanol–water partition coefficient (Wildman–Crippen LogP) is 3.29. The van der Waals surface area contributed by atoms with E-state index in [4.69, 9.17) is 11.6 Å². The third kappa shape index (κ3) is 5.13. The van der Waals surface area contributed by atoms with Gasteiger partial charge in [0.1, 0.15) is 17.1 Å². The molecular formula is C18H26O5. The lowest BCUT2D eigenvalue weighted by atomic mass is 9.97. The average Bonchev–Trinajstić information content (AvgIpc) is 2.55. The smallest absolute Gasteiger partial charge is 0.342 e. The Kier molecular flexibility index (Phi) is 4.18. The van der Waals surface area contributed by atoms with Crippen LogP contribution in [0, 0.1) is 0 Å². The molecule has 1 aromatic carbocycles. The van der Waals surface area contributed by atoms with Crippen LogP contribution in [0.15, 0.2) is 12.1 Å². The molecule has 0 amide bonds. The first-order valence-corrected chi connectivity index (χ1v) is 7.77. The quantitative estimate of drug-likeness (QED) is 0.637. The van der Waals surface area contributed by atoms with Gasteiger partial charge in [0, 0.05) is 11.5 Å². The van der Waals surface area contributed by atoms with Crippen molar-refractivity contribution in [3.63, 3.8) is 0 Å². The number of ether oxygens (including phenoxy) is 1. The molecule has 5 heteroatoms. The van der Waals surface area contributed by atoms with Gasteiger partial charge in [-0.05, 0) is 57.0 Å². The highest BCUT2D eigenvalue weighted by atomic mass is 16.5. The second-order valence-electron chi connectivity index (χ2n) is 5.66. The van der Waals surface area contributed by atoms with Crippen molar-refractivity contribution in [1.82, 2.24) is 0 Å². The summed E-state index contributed by atoms with van der Waals surface area (Å²) in [7, 11) is 0. The Hall–Kier alpha value is -1.75. The van der Waals surface area contributed by atoms with Crippen molar-refractivity contribution in [2.24, 2.45) is 0 Å². The van der Waals surface area contributed by atoms with Gasteiger partial charge in [-0.2, -0.15) is 0 Å². The van der Waals surface area contributed by atoms with Crippen molar-refractivity contribution in [1.29, 1.82) is 0 Å². The fourth-order valence-electron chi connectivity index (χ4n) is 2.51. The molecule has 0 bridgehead atoms. The fraction of sp³-hybridized carbons (Fsp3) is 0.611. The summed E-state index contributed by atoms with van der Waals surface area (Å²) in [6, 6.07) is 2.37. The molecule has 1 aliphatic heterocycles. The normalized spacial score (nSPS) is 35.1. The van der Waals surface area contributed by atoms with E-state index in [9.17, 15) is 20.1 Å². The number of hydrogen-bond donors (Lipinski definition) is 3. The minimum Gasteiger partial charge on any atom is -0.508 e. The Balaban J connectivity index is 2.39. The summed E-state index contributed by atoms with van der Waals surface area (Å²) >= 11 is 0. The van der Waals surface area contributed by atoms with Gasteiger partial charge in [-0.1, -0.05) is 12.8 Å². The van der Waals surface area contributed by atoms with Gasteiger partial charge in [-0.25, -0.2) is 4.79 Å². The number of cyclic esters (lactones) is 1. The van der Waals surface area contributed by atoms with Crippen LogP contribution in [0.3, 0.4) is 0 Å². The largest absolute Gasteiger partial charge is 0.508 e. The number of aryl methyl sites for hydroxylation is 1. The Morgan fingerprint density at radius 3 is 2.74 bits per heavy atom. The average molecular weight is 327 g/mol. The van der Waals surface area contributed by atoms with E-state index in [1.807, 2.05) is 0 Å². The molecule has 128 valence electrons. The van der Waals surface area contributed by atoms with E-state index in [2.05, 4.69) is 0 Å². The van der Waals surface area contributed by atoms with Crippen molar-refractivity contribution in [2.45, 2.75) is 70.4 Å². The van der Waals surface area contributed by atoms with Crippen molar-refractivity contribution in [3.05, 3.63) is 23.3 Å². The highest BCUT2D eigenvalue weighted by Crippen LogP contribution is 2.30. The maximum Gasteiger partial charge on any atom is 0.342 e. The Morgan fingerprint density at radius 1 is 1.22 bits per heavy atom. The summed E-state index contributed by atoms with van der Waals surface area (Å²) in [6.45, 7) is 1.51. The SMILES string of the molecule is [2H]C1([2H])CCCCc2cc(O)cc(O)c2C(=O)O[C@@H](C)CCC([2H])([2H])[C@]1([2H])O. The molecule has 0 saturated heterocycles. The lowest BCUT2D eigenvalue weighted by molar-refractivity contribution is 0.0305. The number of aliphatic hydroxyl groups is 1. The van der Waals surface area contributed by atoms with Gasteiger partial charge in [0.25, 0.3) is 0 Å². The molecule has 0 spiro atoms. The summed E-state index contributed by atoms with van der Waals surface area (Å²) in [5.41, 5.74) is 0.272. The van der Waals surface area contributed by atoms with Gasteiger partial charge in [0.15, 0.2) is 0 Å². The number of benzene rings is 1. The summed E-state index contributed by atoms with van der Waals surface area (Å²) in [5.74, 6) is -1.46. The van der Waals surface area contributed by atoms with Crippen LogP contribution >= 0.6 is 0 Å². The van der Waals surface area contributed by atoms with Crippen LogP contribution < -0.4 is 0 Å². The minimum absolute atomic E-state index is 0.0514. The standard InChI is InChI=1S/C18H26O5/c1-12-6-5-9-14(19)8-4-2-3-7-13-10-15(20)11-16(21)17(13)18(22)23-12/h10-12,14,19-21H,2-9H2,1H3/t12-,14+/m0/s1/i8D2,9D2,14D. The van der Waals surface area contributed by atoms with Crippen molar-refractivity contribution in [3.8, 4) is 11.5 Å². The molecule has 3 N–H and O–H groups in total. The summed E-state index contributed by atoms with van der Waals surface area (Å²) in [5, 5.41) is 30.2. The maximum absolute atomic E-state index is 12.5. The van der Waals surface area contributed by atoms with E-state index in [-0.39, 0.29) is 37.0 Å². The fourth-order valence-corrected chi connectivity index (χ4v) is 2.51. The van der Waals surface area contributed by atoms with Crippen molar-refractivity contribution < 1.29 is 31.7 Å². The first-order chi connectivity index (χ1) is 12.8. The van der Waals surface area contributed by atoms with Gasteiger partial charge < -0.3 is 20.1 Å². The van der Waals surface area contributed by atoms with Crippen LogP contribution in [-0.2, 0) is 11.2 Å². The Bertz CT molecular complexity index is 735. The first kappa shape index (κ1) is 11.7. The molecule has 1 aromatic rings. The van der Waals surface area contributed by atoms with Gasteiger partial charge in [-0.15, -0.1) is 0 Å². The molecule has 0 radical (unpaired) electrons. The number of esters is 1. The third-order valence-electron chi connectivity index (χ3n) is 3.70. The molecule has 2 atom stereocenters. The monoisotopic (exact) mass is 327 g/mol. The van der Waals surface area contributed by atoms with E-state index in [0.29, 0.717) is 12.0 Å². The summed E-state index contributed by atoms with van der Waals surface area (Å²) < 4.78 is 45.3. The molecule has 2 rings (SSSR count). The van der Waals surface area contributed by atoms with Crippen LogP contribution in [0.1, 0.15) is 74.5 Å². The van der Waals surface area contributed by atoms with E-state index in [1.165, 1.54) is 13.0 Å². The highest BCUT2D eigenvalue weighted by molar-refractivity contribution is 5.94. The number of fused-ring (bicyclic) bond motifs is 1. The highest BCUT2D eigenvalue weighted by Gasteiger charge is 2.21. The van der Waals surface area contributed by atoms with Crippen molar-refractivity contribution >= 4 is 5.97 Å². The zero-order valence-corrected chi connectivity index (χ0v) is 13.1. The molecule has 1 heterocycles. The molecule has 0 unspecified atom stereocenters. The van der Waals surface area contributed by atoms with Crippen LogP contribution in [0.4, 0.5) is 0 Å². The zero-order valence-electron chi connectivity index (χ0n) is 18.1. The Morgan fingerprint density at radius 2 is 1.96 bits per heavy atom. The van der Waals surface area contributed by atoms with Crippen LogP contribution in [-0.4, -0.2) is 33.5 Å². The van der Waals surface area contributed by atoms with Gasteiger partial charge in [0.2, 0.25) is 0 Å². The van der Waals surface area contributed by atoms with Gasteiger partial charge >= 0.3 is 5.97 Å². The molecule has 1 aliphatic rings. The topological polar surface area (TPSA) is 87.0 Å². The molecule has 23 heavy (non-hydrogen) atoms. The van der Waals surface area contributed by atoms with Crippen molar-refractivity contribution in [2.75, 3.05) is 0 Å². The molecule has 0 aromatic heterocycles. The van der Waals surface area contributed by atoms with Gasteiger partial charge in [0.05, 0.1) is 13.6 Å². The second-order valence-corrected chi connectivity index (χ2v) is 5.66. The molecular weight excluding hydrogens is 296 g/mol. The molecule has 0 fully saturated rings. The molecule has 0 aliphatic carbocycles. The lowest BCUT2D eigenvalue weighted by Crippen LogP contribution is -2.18. The van der Waals surface area contributed by atoms with Crippen LogP contribution in [0.5, 0.6) is 11.5 Å². The number of rotatable bonds is 0. The second kappa shape index (κ2) is 8.20. The molecule has 5 nitrogen and oxygen atoms in total. The van der Waals surface area contributed by atoms with E-state index in [1.54, 1.807) is 0 Å². The Labute approximate surface area is 143 Å².